The summed E-state index contributed by atoms with van der Waals surface area (Å²) in [4.78, 5) is 5.13. The van der Waals surface area contributed by atoms with Crippen molar-refractivity contribution in [3.05, 3.63) is 36.2 Å². The van der Waals surface area contributed by atoms with E-state index in [1.807, 2.05) is 24.3 Å². The quantitative estimate of drug-likeness (QED) is 0.781. The molecule has 2 rings (SSSR count). The summed E-state index contributed by atoms with van der Waals surface area (Å²) >= 11 is 3.93. The first kappa shape index (κ1) is 11.0. The zero-order valence-corrected chi connectivity index (χ0v) is 9.61. The Kier molecular flexibility index (Phi) is 3.43. The minimum absolute atomic E-state index is 0.344. The van der Waals surface area contributed by atoms with Gasteiger partial charge < -0.3 is 14.3 Å². The zero-order chi connectivity index (χ0) is 11.4. The summed E-state index contributed by atoms with van der Waals surface area (Å²) in [6, 6.07) is 7.34. The van der Waals surface area contributed by atoms with Crippen molar-refractivity contribution in [2.24, 2.45) is 0 Å². The van der Waals surface area contributed by atoms with Gasteiger partial charge in [-0.2, -0.15) is 0 Å². The van der Waals surface area contributed by atoms with E-state index in [-0.39, 0.29) is 0 Å². The molecule has 0 spiro atoms. The summed E-state index contributed by atoms with van der Waals surface area (Å²) in [6.45, 7) is 0.344. The predicted octanol–water partition coefficient (Wildman–Crippen LogP) is 1.51. The standard InChI is InChI=1S/C10H12N2O3S/c1-13-8-2-4-9(5-3-8)14-7-10-6-11-12(16)15-10/h2-6,11,16H,7H2,1H3. The van der Waals surface area contributed by atoms with Crippen LogP contribution in [0.3, 0.4) is 0 Å². The molecule has 1 aromatic carbocycles. The third kappa shape index (κ3) is 2.74. The number of benzene rings is 1. The van der Waals surface area contributed by atoms with Crippen LogP contribution in [-0.2, 0) is 4.84 Å². The Balaban J connectivity index is 1.85. The molecule has 0 atom stereocenters. The maximum Gasteiger partial charge on any atom is 0.182 e. The lowest BCUT2D eigenvalue weighted by atomic mass is 10.3. The third-order valence-electron chi connectivity index (χ3n) is 1.98. The largest absolute Gasteiger partial charge is 0.497 e. The molecule has 5 nitrogen and oxygen atoms in total. The van der Waals surface area contributed by atoms with Gasteiger partial charge in [-0.1, -0.05) is 0 Å². The zero-order valence-electron chi connectivity index (χ0n) is 8.71. The van der Waals surface area contributed by atoms with Crippen LogP contribution in [-0.4, -0.2) is 18.3 Å². The fourth-order valence-electron chi connectivity index (χ4n) is 1.19. The van der Waals surface area contributed by atoms with E-state index in [9.17, 15) is 0 Å². The van der Waals surface area contributed by atoms with Gasteiger partial charge in [0, 0.05) is 4.58 Å². The van der Waals surface area contributed by atoms with Crippen LogP contribution in [0.2, 0.25) is 0 Å². The van der Waals surface area contributed by atoms with Crippen LogP contribution in [0.1, 0.15) is 0 Å². The van der Waals surface area contributed by atoms with Gasteiger partial charge in [0.05, 0.1) is 13.3 Å². The van der Waals surface area contributed by atoms with Crippen molar-refractivity contribution in [3.8, 4) is 11.5 Å². The van der Waals surface area contributed by atoms with Crippen LogP contribution < -0.4 is 14.9 Å². The molecule has 1 aliphatic rings. The molecular formula is C10H12N2O3S. The second kappa shape index (κ2) is 5.00. The summed E-state index contributed by atoms with van der Waals surface area (Å²) < 4.78 is 11.7. The number of ether oxygens (including phenoxy) is 2. The van der Waals surface area contributed by atoms with Crippen LogP contribution in [0.4, 0.5) is 0 Å². The molecule has 1 N–H and O–H groups in total. The number of hydrogen-bond donors (Lipinski definition) is 2. The van der Waals surface area contributed by atoms with Crippen LogP contribution in [0.15, 0.2) is 36.2 Å². The van der Waals surface area contributed by atoms with Gasteiger partial charge in [-0.25, -0.2) is 0 Å². The number of hydrazine groups is 1. The fraction of sp³-hybridized carbons (Fsp3) is 0.200. The van der Waals surface area contributed by atoms with Crippen LogP contribution in [0.5, 0.6) is 11.5 Å². The first-order valence-electron chi connectivity index (χ1n) is 4.67. The summed E-state index contributed by atoms with van der Waals surface area (Å²) in [5.41, 5.74) is 2.74. The van der Waals surface area contributed by atoms with Gasteiger partial charge in [-0.3, -0.25) is 5.43 Å². The van der Waals surface area contributed by atoms with Crippen LogP contribution in [0.25, 0.3) is 0 Å². The van der Waals surface area contributed by atoms with Gasteiger partial charge in [0.25, 0.3) is 0 Å². The van der Waals surface area contributed by atoms with E-state index in [0.29, 0.717) is 12.4 Å². The second-order valence-electron chi connectivity index (χ2n) is 3.07. The molecule has 1 aromatic rings. The van der Waals surface area contributed by atoms with Gasteiger partial charge in [0.15, 0.2) is 5.76 Å². The number of nitrogens with one attached hydrogen (secondary N) is 1. The van der Waals surface area contributed by atoms with E-state index >= 15 is 0 Å². The van der Waals surface area contributed by atoms with Crippen LogP contribution in [0, 0.1) is 0 Å². The van der Waals surface area contributed by atoms with E-state index in [2.05, 4.69) is 18.2 Å². The number of nitrogens with zero attached hydrogens (tertiary/aromatic N) is 1. The van der Waals surface area contributed by atoms with Crippen molar-refractivity contribution in [2.75, 3.05) is 13.7 Å². The highest BCUT2D eigenvalue weighted by Gasteiger charge is 2.11. The molecule has 0 aliphatic carbocycles. The topological polar surface area (TPSA) is 43.0 Å². The number of methoxy groups -OCH3 is 1. The summed E-state index contributed by atoms with van der Waals surface area (Å²) in [7, 11) is 1.62. The molecule has 1 aliphatic heterocycles. The number of hydrogen-bond acceptors (Lipinski definition) is 6. The Morgan fingerprint density at radius 2 is 2.00 bits per heavy atom. The molecule has 0 amide bonds. The molecule has 0 unspecified atom stereocenters. The van der Waals surface area contributed by atoms with E-state index < -0.39 is 0 Å². The first-order valence-corrected chi connectivity index (χ1v) is 5.07. The molecule has 86 valence electrons. The Hall–Kier alpha value is -1.53. The Bertz CT molecular complexity index is 380. The lowest BCUT2D eigenvalue weighted by Gasteiger charge is -2.09. The Labute approximate surface area is 99.1 Å². The third-order valence-corrected chi connectivity index (χ3v) is 2.18. The number of rotatable bonds is 4. The Morgan fingerprint density at radius 3 is 2.56 bits per heavy atom. The monoisotopic (exact) mass is 240 g/mol. The molecule has 0 radical (unpaired) electrons. The van der Waals surface area contributed by atoms with Gasteiger partial charge in [0.2, 0.25) is 0 Å². The maximum absolute atomic E-state index is 5.49. The minimum Gasteiger partial charge on any atom is -0.497 e. The van der Waals surface area contributed by atoms with Crippen molar-refractivity contribution >= 4 is 12.8 Å². The highest BCUT2D eigenvalue weighted by Crippen LogP contribution is 2.18. The molecule has 16 heavy (non-hydrogen) atoms. The summed E-state index contributed by atoms with van der Waals surface area (Å²) in [5.74, 6) is 2.21. The summed E-state index contributed by atoms with van der Waals surface area (Å²) in [6.07, 6.45) is 1.68. The average molecular weight is 240 g/mol. The predicted molar refractivity (Wildman–Crippen MR) is 61.6 cm³/mol. The molecule has 0 aromatic heterocycles. The molecule has 1 heterocycles. The highest BCUT2D eigenvalue weighted by molar-refractivity contribution is 7.77. The molecular weight excluding hydrogens is 228 g/mol. The van der Waals surface area contributed by atoms with Gasteiger partial charge in [-0.15, -0.1) is 0 Å². The van der Waals surface area contributed by atoms with E-state index in [4.69, 9.17) is 14.3 Å². The molecule has 0 bridgehead atoms. The minimum atomic E-state index is 0.344. The van der Waals surface area contributed by atoms with Gasteiger partial charge in [-0.05, 0) is 37.1 Å². The van der Waals surface area contributed by atoms with Gasteiger partial charge >= 0.3 is 0 Å². The lowest BCUT2D eigenvalue weighted by Crippen LogP contribution is -2.17. The SMILES string of the molecule is COc1ccc(OCC2=CNN(S)O2)cc1. The maximum atomic E-state index is 5.49. The van der Waals surface area contributed by atoms with Crippen LogP contribution >= 0.6 is 12.8 Å². The molecule has 6 heteroatoms. The molecule has 0 fully saturated rings. The second-order valence-corrected chi connectivity index (χ2v) is 3.43. The van der Waals surface area contributed by atoms with Crippen molar-refractivity contribution in [2.45, 2.75) is 0 Å². The fourth-order valence-corrected chi connectivity index (χ4v) is 1.35. The van der Waals surface area contributed by atoms with E-state index in [0.717, 1.165) is 11.5 Å². The normalized spacial score (nSPS) is 15.0. The lowest BCUT2D eigenvalue weighted by molar-refractivity contribution is -0.0329. The van der Waals surface area contributed by atoms with Crippen molar-refractivity contribution in [1.82, 2.24) is 10.0 Å². The summed E-state index contributed by atoms with van der Waals surface area (Å²) in [5, 5.41) is 0. The first-order chi connectivity index (χ1) is 7.78. The van der Waals surface area contributed by atoms with Crippen molar-refractivity contribution in [1.29, 1.82) is 0 Å². The Morgan fingerprint density at radius 1 is 1.31 bits per heavy atom. The number of thiol groups is 1. The van der Waals surface area contributed by atoms with E-state index in [1.54, 1.807) is 13.3 Å². The average Bonchev–Trinajstić information content (AvgIpc) is 2.73. The smallest absolute Gasteiger partial charge is 0.182 e. The molecule has 0 saturated carbocycles. The van der Waals surface area contributed by atoms with E-state index in [1.165, 1.54) is 4.58 Å². The van der Waals surface area contributed by atoms with Crippen molar-refractivity contribution in [3.63, 3.8) is 0 Å². The van der Waals surface area contributed by atoms with Crippen molar-refractivity contribution < 1.29 is 14.3 Å². The highest BCUT2D eigenvalue weighted by atomic mass is 32.1. The van der Waals surface area contributed by atoms with Gasteiger partial charge in [0.1, 0.15) is 18.1 Å². The molecule has 0 saturated heterocycles.